The minimum absolute atomic E-state index is 0.0478. The number of rotatable bonds is 2. The summed E-state index contributed by atoms with van der Waals surface area (Å²) in [6.07, 6.45) is 0. The van der Waals surface area contributed by atoms with Crippen LogP contribution in [-0.4, -0.2) is 24.4 Å². The SMILES string of the molecule is Cc1c(-n2c(=O)cc(O)c3cc(F)c(Cl)nc32)c(C(C)C)nn1C. The molecule has 3 rings (SSSR count). The van der Waals surface area contributed by atoms with Gasteiger partial charge in [-0.15, -0.1) is 0 Å². The highest BCUT2D eigenvalue weighted by Gasteiger charge is 2.22. The summed E-state index contributed by atoms with van der Waals surface area (Å²) in [5.41, 5.74) is 1.61. The van der Waals surface area contributed by atoms with Crippen molar-refractivity contribution in [1.82, 2.24) is 19.3 Å². The molecule has 3 aromatic heterocycles. The van der Waals surface area contributed by atoms with Gasteiger partial charge in [0.1, 0.15) is 5.75 Å². The van der Waals surface area contributed by atoms with Crippen LogP contribution < -0.4 is 5.56 Å². The zero-order valence-corrected chi connectivity index (χ0v) is 14.4. The Balaban J connectivity index is 2.53. The number of nitrogens with zero attached hydrogens (tertiary/aromatic N) is 4. The Morgan fingerprint density at radius 1 is 1.33 bits per heavy atom. The van der Waals surface area contributed by atoms with Crippen LogP contribution >= 0.6 is 11.6 Å². The molecule has 1 N–H and O–H groups in total. The number of aromatic hydroxyl groups is 1. The minimum Gasteiger partial charge on any atom is -0.507 e. The molecule has 0 unspecified atom stereocenters. The highest BCUT2D eigenvalue weighted by molar-refractivity contribution is 6.30. The van der Waals surface area contributed by atoms with Crippen molar-refractivity contribution in [3.63, 3.8) is 0 Å². The molecule has 3 aromatic rings. The van der Waals surface area contributed by atoms with Crippen LogP contribution in [0.25, 0.3) is 16.7 Å². The number of hydrogen-bond acceptors (Lipinski definition) is 4. The Hall–Kier alpha value is -2.41. The molecule has 0 aliphatic heterocycles. The maximum absolute atomic E-state index is 13.7. The average molecular weight is 351 g/mol. The van der Waals surface area contributed by atoms with E-state index in [2.05, 4.69) is 10.1 Å². The van der Waals surface area contributed by atoms with Crippen LogP contribution in [0.4, 0.5) is 4.39 Å². The van der Waals surface area contributed by atoms with Gasteiger partial charge in [-0.2, -0.15) is 5.10 Å². The summed E-state index contributed by atoms with van der Waals surface area (Å²) in [6, 6.07) is 2.10. The van der Waals surface area contributed by atoms with Gasteiger partial charge in [0.05, 0.1) is 22.5 Å². The van der Waals surface area contributed by atoms with Crippen LogP contribution in [0.15, 0.2) is 16.9 Å². The van der Waals surface area contributed by atoms with Gasteiger partial charge in [-0.3, -0.25) is 14.0 Å². The first kappa shape index (κ1) is 16.4. The number of hydrogen-bond donors (Lipinski definition) is 1. The zero-order valence-electron chi connectivity index (χ0n) is 13.6. The molecule has 0 atom stereocenters. The molecule has 0 amide bonds. The summed E-state index contributed by atoms with van der Waals surface area (Å²) in [7, 11) is 1.78. The summed E-state index contributed by atoms with van der Waals surface area (Å²) in [4.78, 5) is 16.6. The molecule has 0 fully saturated rings. The number of halogens is 2. The molecule has 126 valence electrons. The summed E-state index contributed by atoms with van der Waals surface area (Å²) in [5, 5.41) is 14.2. The molecule has 0 radical (unpaired) electrons. The molecule has 3 heterocycles. The molecule has 0 saturated heterocycles. The van der Waals surface area contributed by atoms with E-state index in [0.717, 1.165) is 17.8 Å². The first-order chi connectivity index (χ1) is 11.2. The normalized spacial score (nSPS) is 11.6. The topological polar surface area (TPSA) is 72.9 Å². The van der Waals surface area contributed by atoms with Gasteiger partial charge in [0, 0.05) is 13.1 Å². The van der Waals surface area contributed by atoms with Crippen LogP contribution in [0.5, 0.6) is 5.75 Å². The van der Waals surface area contributed by atoms with Gasteiger partial charge in [0.2, 0.25) is 0 Å². The largest absolute Gasteiger partial charge is 0.507 e. The van der Waals surface area contributed by atoms with Gasteiger partial charge in [-0.25, -0.2) is 9.37 Å². The van der Waals surface area contributed by atoms with Crippen LogP contribution in [0, 0.1) is 12.7 Å². The monoisotopic (exact) mass is 350 g/mol. The second-order valence-corrected chi connectivity index (χ2v) is 6.29. The summed E-state index contributed by atoms with van der Waals surface area (Å²) in [6.45, 7) is 5.74. The summed E-state index contributed by atoms with van der Waals surface area (Å²) < 4.78 is 16.7. The standard InChI is InChI=1S/C16H16ClFN4O2/c1-7(2)13-14(8(3)21(4)20-13)22-12(24)6-11(23)9-5-10(18)15(17)19-16(9)22/h5-7,23H,1-4H3. The highest BCUT2D eigenvalue weighted by Crippen LogP contribution is 2.30. The Bertz CT molecular complexity index is 1020. The van der Waals surface area contributed by atoms with Crippen molar-refractivity contribution < 1.29 is 9.50 Å². The van der Waals surface area contributed by atoms with Crippen molar-refractivity contribution in [2.75, 3.05) is 0 Å². The fourth-order valence-electron chi connectivity index (χ4n) is 2.68. The van der Waals surface area contributed by atoms with E-state index in [4.69, 9.17) is 11.6 Å². The van der Waals surface area contributed by atoms with Crippen LogP contribution in [-0.2, 0) is 7.05 Å². The third-order valence-electron chi connectivity index (χ3n) is 3.98. The van der Waals surface area contributed by atoms with Crippen molar-refractivity contribution in [1.29, 1.82) is 0 Å². The van der Waals surface area contributed by atoms with Gasteiger partial charge in [0.15, 0.2) is 16.6 Å². The quantitative estimate of drug-likeness (QED) is 0.721. The molecule has 0 aliphatic carbocycles. The maximum atomic E-state index is 13.7. The predicted octanol–water partition coefficient (Wildman–Crippen LogP) is 3.05. The average Bonchev–Trinajstić information content (AvgIpc) is 2.78. The van der Waals surface area contributed by atoms with Crippen molar-refractivity contribution in [3.8, 4) is 11.4 Å². The zero-order chi connectivity index (χ0) is 17.8. The lowest BCUT2D eigenvalue weighted by Crippen LogP contribution is -2.20. The predicted molar refractivity (Wildman–Crippen MR) is 89.6 cm³/mol. The Labute approximate surface area is 142 Å². The van der Waals surface area contributed by atoms with Crippen molar-refractivity contribution >= 4 is 22.6 Å². The minimum atomic E-state index is -0.767. The van der Waals surface area contributed by atoms with Gasteiger partial charge in [-0.1, -0.05) is 25.4 Å². The van der Waals surface area contributed by atoms with E-state index in [1.807, 2.05) is 20.8 Å². The Kier molecular flexibility index (Phi) is 3.83. The molecule has 24 heavy (non-hydrogen) atoms. The van der Waals surface area contributed by atoms with E-state index in [1.165, 1.54) is 4.57 Å². The van der Waals surface area contributed by atoms with Gasteiger partial charge in [-0.05, 0) is 18.9 Å². The maximum Gasteiger partial charge on any atom is 0.260 e. The second kappa shape index (κ2) is 5.59. The molecule has 0 aromatic carbocycles. The molecule has 0 bridgehead atoms. The Morgan fingerprint density at radius 2 is 2.00 bits per heavy atom. The van der Waals surface area contributed by atoms with Gasteiger partial charge < -0.3 is 5.11 Å². The lowest BCUT2D eigenvalue weighted by Gasteiger charge is -2.13. The lowest BCUT2D eigenvalue weighted by molar-refractivity contribution is 0.479. The van der Waals surface area contributed by atoms with E-state index in [-0.39, 0.29) is 27.9 Å². The number of aryl methyl sites for hydroxylation is 1. The fraction of sp³-hybridized carbons (Fsp3) is 0.312. The van der Waals surface area contributed by atoms with E-state index in [0.29, 0.717) is 11.4 Å². The van der Waals surface area contributed by atoms with Crippen LogP contribution in [0.3, 0.4) is 0 Å². The molecular formula is C16H16ClFN4O2. The molecule has 0 spiro atoms. The number of fused-ring (bicyclic) bond motifs is 1. The van der Waals surface area contributed by atoms with E-state index < -0.39 is 11.4 Å². The van der Waals surface area contributed by atoms with Crippen molar-refractivity contribution in [2.24, 2.45) is 7.05 Å². The first-order valence-electron chi connectivity index (χ1n) is 7.37. The van der Waals surface area contributed by atoms with E-state index in [9.17, 15) is 14.3 Å². The first-order valence-corrected chi connectivity index (χ1v) is 7.74. The molecule has 0 aliphatic rings. The van der Waals surface area contributed by atoms with Crippen molar-refractivity contribution in [2.45, 2.75) is 26.7 Å². The highest BCUT2D eigenvalue weighted by atomic mass is 35.5. The number of pyridine rings is 2. The summed E-state index contributed by atoms with van der Waals surface area (Å²) in [5.74, 6) is -1.06. The third-order valence-corrected chi connectivity index (χ3v) is 4.25. The van der Waals surface area contributed by atoms with E-state index >= 15 is 0 Å². The second-order valence-electron chi connectivity index (χ2n) is 5.93. The lowest BCUT2D eigenvalue weighted by atomic mass is 10.1. The fourth-order valence-corrected chi connectivity index (χ4v) is 2.82. The molecule has 8 heteroatoms. The Morgan fingerprint density at radius 3 is 2.62 bits per heavy atom. The van der Waals surface area contributed by atoms with E-state index in [1.54, 1.807) is 11.7 Å². The molecular weight excluding hydrogens is 335 g/mol. The smallest absolute Gasteiger partial charge is 0.260 e. The van der Waals surface area contributed by atoms with Crippen LogP contribution in [0.2, 0.25) is 5.15 Å². The number of aromatic nitrogens is 4. The van der Waals surface area contributed by atoms with Gasteiger partial charge in [0.25, 0.3) is 5.56 Å². The summed E-state index contributed by atoms with van der Waals surface area (Å²) >= 11 is 5.80. The van der Waals surface area contributed by atoms with Crippen molar-refractivity contribution in [3.05, 3.63) is 44.8 Å². The third kappa shape index (κ3) is 2.36. The van der Waals surface area contributed by atoms with Crippen LogP contribution in [0.1, 0.15) is 31.2 Å². The molecule has 0 saturated carbocycles. The van der Waals surface area contributed by atoms with Gasteiger partial charge >= 0.3 is 0 Å². The molecule has 6 nitrogen and oxygen atoms in total.